The highest BCUT2D eigenvalue weighted by molar-refractivity contribution is 6.05. The molecule has 0 atom stereocenters. The third kappa shape index (κ3) is 2.81. The van der Waals surface area contributed by atoms with E-state index in [0.717, 1.165) is 13.8 Å². The molecule has 92 valence electrons. The molecule has 1 aliphatic rings. The summed E-state index contributed by atoms with van der Waals surface area (Å²) in [5, 5.41) is 0. The smallest absolute Gasteiger partial charge is 0.341 e. The largest absolute Gasteiger partial charge is 0.411 e. The van der Waals surface area contributed by atoms with Gasteiger partial charge in [-0.1, -0.05) is 6.08 Å². The Balaban J connectivity index is 3.22. The van der Waals surface area contributed by atoms with Crippen molar-refractivity contribution in [1.82, 2.24) is 0 Å². The van der Waals surface area contributed by atoms with Crippen LogP contribution in [0.4, 0.5) is 0 Å². The summed E-state index contributed by atoms with van der Waals surface area (Å²) in [6.45, 7) is 5.59. The first-order valence-corrected chi connectivity index (χ1v) is 5.08. The summed E-state index contributed by atoms with van der Waals surface area (Å²) in [7, 11) is 0. The van der Waals surface area contributed by atoms with Crippen molar-refractivity contribution in [2.45, 2.75) is 33.5 Å². The minimum Gasteiger partial charge on any atom is -0.411 e. The van der Waals surface area contributed by atoms with Crippen LogP contribution < -0.4 is 0 Å². The number of Topliss-reactive ketones (excluding diaryl/α,β-unsaturated/α-hetero) is 1. The topological polar surface area (TPSA) is 69.7 Å². The Hall–Kier alpha value is -1.91. The van der Waals surface area contributed by atoms with Crippen LogP contribution in [0.2, 0.25) is 0 Å². The van der Waals surface area contributed by atoms with Gasteiger partial charge in [-0.05, 0) is 19.4 Å². The summed E-state index contributed by atoms with van der Waals surface area (Å²) >= 11 is 0. The molecule has 0 aromatic heterocycles. The van der Waals surface area contributed by atoms with Gasteiger partial charge in [0, 0.05) is 25.5 Å². The van der Waals surface area contributed by atoms with E-state index < -0.39 is 23.5 Å². The molecule has 0 spiro atoms. The first kappa shape index (κ1) is 13.2. The molecule has 5 nitrogen and oxygen atoms in total. The molecule has 0 saturated carbocycles. The van der Waals surface area contributed by atoms with Crippen LogP contribution in [0.1, 0.15) is 27.7 Å². The second-order valence-electron chi connectivity index (χ2n) is 3.90. The third-order valence-electron chi connectivity index (χ3n) is 2.13. The maximum absolute atomic E-state index is 12.0. The predicted octanol–water partition coefficient (Wildman–Crippen LogP) is 1.28. The van der Waals surface area contributed by atoms with Gasteiger partial charge in [-0.15, -0.1) is 0 Å². The highest BCUT2D eigenvalue weighted by atomic mass is 16.7. The summed E-state index contributed by atoms with van der Waals surface area (Å²) in [6.07, 6.45) is 2.96. The molecule has 0 fully saturated rings. The van der Waals surface area contributed by atoms with Crippen molar-refractivity contribution in [3.8, 4) is 0 Å². The van der Waals surface area contributed by atoms with Gasteiger partial charge in [-0.25, -0.2) is 0 Å². The lowest BCUT2D eigenvalue weighted by molar-refractivity contribution is -0.208. The second kappa shape index (κ2) is 4.53. The zero-order valence-corrected chi connectivity index (χ0v) is 10.2. The van der Waals surface area contributed by atoms with Crippen LogP contribution in [0.15, 0.2) is 23.3 Å². The van der Waals surface area contributed by atoms with E-state index in [1.165, 1.54) is 6.08 Å². The number of allylic oxidation sites excluding steroid dienone is 2. The fourth-order valence-corrected chi connectivity index (χ4v) is 1.69. The number of hydrogen-bond acceptors (Lipinski definition) is 5. The van der Waals surface area contributed by atoms with Crippen LogP contribution in [0, 0.1) is 0 Å². The number of carbonyl (C=O) groups is 3. The molecule has 0 bridgehead atoms. The zero-order valence-electron chi connectivity index (χ0n) is 10.2. The number of rotatable bonds is 2. The Kier molecular flexibility index (Phi) is 3.50. The lowest BCUT2D eigenvalue weighted by atomic mass is 9.94. The molecule has 0 aromatic carbocycles. The van der Waals surface area contributed by atoms with Crippen LogP contribution in [0.3, 0.4) is 0 Å². The molecule has 0 radical (unpaired) electrons. The Morgan fingerprint density at radius 3 is 2.00 bits per heavy atom. The summed E-state index contributed by atoms with van der Waals surface area (Å²) in [4.78, 5) is 34.1. The average molecular weight is 238 g/mol. The monoisotopic (exact) mass is 238 g/mol. The van der Waals surface area contributed by atoms with Gasteiger partial charge in [0.25, 0.3) is 0 Å². The third-order valence-corrected chi connectivity index (χ3v) is 2.13. The molecule has 0 heterocycles. The van der Waals surface area contributed by atoms with E-state index in [1.807, 2.05) is 0 Å². The summed E-state index contributed by atoms with van der Waals surface area (Å²) < 4.78 is 9.79. The van der Waals surface area contributed by atoms with E-state index >= 15 is 0 Å². The summed E-state index contributed by atoms with van der Waals surface area (Å²) in [5.41, 5.74) is 1.05. The molecule has 0 amide bonds. The molecule has 0 aromatic rings. The van der Waals surface area contributed by atoms with Gasteiger partial charge < -0.3 is 9.47 Å². The first-order chi connectivity index (χ1) is 7.77. The first-order valence-electron chi connectivity index (χ1n) is 5.08. The normalized spacial score (nSPS) is 18.0. The highest BCUT2D eigenvalue weighted by Crippen LogP contribution is 2.28. The van der Waals surface area contributed by atoms with Gasteiger partial charge >= 0.3 is 17.7 Å². The van der Waals surface area contributed by atoms with Crippen molar-refractivity contribution in [2.75, 3.05) is 0 Å². The van der Waals surface area contributed by atoms with Crippen molar-refractivity contribution in [1.29, 1.82) is 0 Å². The Morgan fingerprint density at radius 1 is 1.12 bits per heavy atom. The molecule has 0 saturated heterocycles. The van der Waals surface area contributed by atoms with Crippen molar-refractivity contribution in [3.63, 3.8) is 0 Å². The van der Waals surface area contributed by atoms with Crippen LogP contribution in [0.5, 0.6) is 0 Å². The molecular weight excluding hydrogens is 224 g/mol. The summed E-state index contributed by atoms with van der Waals surface area (Å²) in [6, 6.07) is 0. The zero-order chi connectivity index (χ0) is 13.2. The lowest BCUT2D eigenvalue weighted by Gasteiger charge is -2.30. The minimum atomic E-state index is -1.94. The lowest BCUT2D eigenvalue weighted by Crippen LogP contribution is -2.47. The fourth-order valence-electron chi connectivity index (χ4n) is 1.69. The van der Waals surface area contributed by atoms with E-state index in [-0.39, 0.29) is 0 Å². The van der Waals surface area contributed by atoms with Gasteiger partial charge in [0.15, 0.2) is 0 Å². The Bertz CT molecular complexity index is 426. The molecule has 17 heavy (non-hydrogen) atoms. The van der Waals surface area contributed by atoms with E-state index in [2.05, 4.69) is 0 Å². The number of ether oxygens (including phenoxy) is 2. The van der Waals surface area contributed by atoms with E-state index in [1.54, 1.807) is 19.9 Å². The average Bonchev–Trinajstić information content (AvgIpc) is 2.11. The molecule has 0 N–H and O–H groups in total. The molecule has 0 unspecified atom stereocenters. The number of ketones is 1. The maximum atomic E-state index is 12.0. The second-order valence-corrected chi connectivity index (χ2v) is 3.90. The van der Waals surface area contributed by atoms with Crippen LogP contribution in [-0.4, -0.2) is 23.5 Å². The van der Waals surface area contributed by atoms with Crippen molar-refractivity contribution in [2.24, 2.45) is 0 Å². The predicted molar refractivity (Wildman–Crippen MR) is 58.8 cm³/mol. The fraction of sp³-hybridized carbons (Fsp3) is 0.417. The van der Waals surface area contributed by atoms with Gasteiger partial charge in [0.05, 0.1) is 0 Å². The van der Waals surface area contributed by atoms with Crippen LogP contribution in [-0.2, 0) is 23.9 Å². The van der Waals surface area contributed by atoms with Crippen molar-refractivity contribution in [3.05, 3.63) is 23.3 Å². The van der Waals surface area contributed by atoms with Crippen LogP contribution in [0.25, 0.3) is 0 Å². The van der Waals surface area contributed by atoms with E-state index in [9.17, 15) is 14.4 Å². The van der Waals surface area contributed by atoms with E-state index in [0.29, 0.717) is 11.1 Å². The summed E-state index contributed by atoms with van der Waals surface area (Å²) in [5.74, 6) is -3.88. The standard InChI is InChI=1S/C12H14O5/c1-7-5-8(2)11(15)12(6-7,16-9(3)13)17-10(4)14/h5-6H,1-4H3. The van der Waals surface area contributed by atoms with Gasteiger partial charge in [-0.2, -0.15) is 0 Å². The minimum absolute atomic E-state index is 0.368. The number of hydrogen-bond donors (Lipinski definition) is 0. The van der Waals surface area contributed by atoms with Crippen molar-refractivity contribution < 1.29 is 23.9 Å². The van der Waals surface area contributed by atoms with E-state index in [4.69, 9.17) is 9.47 Å². The van der Waals surface area contributed by atoms with Crippen molar-refractivity contribution >= 4 is 17.7 Å². The van der Waals surface area contributed by atoms with Gasteiger partial charge in [0.2, 0.25) is 5.78 Å². The molecule has 1 aliphatic carbocycles. The number of carbonyl (C=O) groups excluding carboxylic acids is 3. The molecular formula is C12H14O5. The molecule has 5 heteroatoms. The highest BCUT2D eigenvalue weighted by Gasteiger charge is 2.45. The maximum Gasteiger partial charge on any atom is 0.341 e. The molecule has 1 rings (SSSR count). The Labute approximate surface area is 99.1 Å². The SMILES string of the molecule is CC(=O)OC1(OC(C)=O)C=C(C)C=C(C)C1=O. The Morgan fingerprint density at radius 2 is 1.59 bits per heavy atom. The number of esters is 2. The van der Waals surface area contributed by atoms with Gasteiger partial charge in [-0.3, -0.25) is 14.4 Å². The molecule has 0 aliphatic heterocycles. The quantitative estimate of drug-likeness (QED) is 0.535. The van der Waals surface area contributed by atoms with Crippen LogP contribution >= 0.6 is 0 Å². The van der Waals surface area contributed by atoms with Gasteiger partial charge in [0.1, 0.15) is 0 Å².